The molecule has 0 aromatic heterocycles. The number of halogens is 3. The molecular formula is C14H11Br2FO2. The first-order valence-corrected chi connectivity index (χ1v) is 7.08. The monoisotopic (exact) mass is 388 g/mol. The number of aliphatic hydroxyl groups is 1. The standard InChI is InChI=1S/C14H11Br2FO2/c1-19-12-7-8(15)5-6-9(12)14(18)10-3-2-4-11(16)13(10)17/h2-7,14,18H,1H3. The van der Waals surface area contributed by atoms with Crippen molar-refractivity contribution < 1.29 is 14.2 Å². The Labute approximate surface area is 127 Å². The van der Waals surface area contributed by atoms with E-state index in [4.69, 9.17) is 4.74 Å². The third-order valence-electron chi connectivity index (χ3n) is 2.77. The second kappa shape index (κ2) is 6.03. The predicted octanol–water partition coefficient (Wildman–Crippen LogP) is 4.44. The fourth-order valence-corrected chi connectivity index (χ4v) is 2.53. The predicted molar refractivity (Wildman–Crippen MR) is 78.9 cm³/mol. The van der Waals surface area contributed by atoms with Gasteiger partial charge in [-0.1, -0.05) is 34.1 Å². The summed E-state index contributed by atoms with van der Waals surface area (Å²) in [5.41, 5.74) is 0.720. The lowest BCUT2D eigenvalue weighted by molar-refractivity contribution is 0.209. The third kappa shape index (κ3) is 2.99. The van der Waals surface area contributed by atoms with Crippen LogP contribution < -0.4 is 4.74 Å². The van der Waals surface area contributed by atoms with Crippen molar-refractivity contribution in [1.29, 1.82) is 0 Å². The van der Waals surface area contributed by atoms with E-state index in [1.807, 2.05) is 0 Å². The van der Waals surface area contributed by atoms with Gasteiger partial charge in [-0.25, -0.2) is 4.39 Å². The van der Waals surface area contributed by atoms with Gasteiger partial charge in [0.25, 0.3) is 0 Å². The summed E-state index contributed by atoms with van der Waals surface area (Å²) >= 11 is 6.43. The Morgan fingerprint density at radius 1 is 1.16 bits per heavy atom. The smallest absolute Gasteiger partial charge is 0.143 e. The van der Waals surface area contributed by atoms with Gasteiger partial charge in [0.15, 0.2) is 0 Å². The van der Waals surface area contributed by atoms with Crippen molar-refractivity contribution in [2.24, 2.45) is 0 Å². The first-order valence-electron chi connectivity index (χ1n) is 5.50. The molecule has 0 radical (unpaired) electrons. The van der Waals surface area contributed by atoms with Crippen molar-refractivity contribution >= 4 is 31.9 Å². The van der Waals surface area contributed by atoms with Gasteiger partial charge in [-0.2, -0.15) is 0 Å². The molecule has 1 atom stereocenters. The van der Waals surface area contributed by atoms with E-state index in [1.54, 1.807) is 36.4 Å². The summed E-state index contributed by atoms with van der Waals surface area (Å²) in [7, 11) is 1.51. The molecular weight excluding hydrogens is 379 g/mol. The highest BCUT2D eigenvalue weighted by Crippen LogP contribution is 2.34. The van der Waals surface area contributed by atoms with Crippen LogP contribution in [0.5, 0.6) is 5.75 Å². The molecule has 0 heterocycles. The average Bonchev–Trinajstić information content (AvgIpc) is 2.41. The van der Waals surface area contributed by atoms with Crippen LogP contribution in [0.3, 0.4) is 0 Å². The van der Waals surface area contributed by atoms with Crippen LogP contribution in [0.1, 0.15) is 17.2 Å². The van der Waals surface area contributed by atoms with Gasteiger partial charge in [0.2, 0.25) is 0 Å². The van der Waals surface area contributed by atoms with E-state index in [-0.39, 0.29) is 5.56 Å². The highest BCUT2D eigenvalue weighted by Gasteiger charge is 2.20. The van der Waals surface area contributed by atoms with E-state index < -0.39 is 11.9 Å². The van der Waals surface area contributed by atoms with Crippen molar-refractivity contribution in [1.82, 2.24) is 0 Å². The Balaban J connectivity index is 2.49. The summed E-state index contributed by atoms with van der Waals surface area (Å²) in [5, 5.41) is 10.3. The zero-order valence-electron chi connectivity index (χ0n) is 10.0. The summed E-state index contributed by atoms with van der Waals surface area (Å²) < 4.78 is 20.4. The first kappa shape index (κ1) is 14.5. The number of hydrogen-bond donors (Lipinski definition) is 1. The highest BCUT2D eigenvalue weighted by molar-refractivity contribution is 9.10. The molecule has 0 aliphatic heterocycles. The molecule has 0 saturated heterocycles. The Kier molecular flexibility index (Phi) is 4.60. The third-order valence-corrected chi connectivity index (χ3v) is 3.87. The van der Waals surface area contributed by atoms with Crippen molar-refractivity contribution in [3.05, 3.63) is 62.3 Å². The van der Waals surface area contributed by atoms with Gasteiger partial charge < -0.3 is 9.84 Å². The fourth-order valence-electron chi connectivity index (χ4n) is 1.81. The molecule has 2 aromatic carbocycles. The molecule has 0 spiro atoms. The lowest BCUT2D eigenvalue weighted by Crippen LogP contribution is -2.05. The quantitative estimate of drug-likeness (QED) is 0.840. The number of methoxy groups -OCH3 is 1. The van der Waals surface area contributed by atoms with E-state index in [0.29, 0.717) is 15.8 Å². The maximum atomic E-state index is 14.0. The van der Waals surface area contributed by atoms with E-state index >= 15 is 0 Å². The molecule has 5 heteroatoms. The molecule has 0 amide bonds. The Bertz CT molecular complexity index is 602. The van der Waals surface area contributed by atoms with Crippen LogP contribution in [-0.4, -0.2) is 12.2 Å². The largest absolute Gasteiger partial charge is 0.496 e. The van der Waals surface area contributed by atoms with E-state index in [9.17, 15) is 9.50 Å². The normalized spacial score (nSPS) is 12.3. The molecule has 0 saturated carbocycles. The van der Waals surface area contributed by atoms with Crippen molar-refractivity contribution in [2.45, 2.75) is 6.10 Å². The zero-order chi connectivity index (χ0) is 14.0. The summed E-state index contributed by atoms with van der Waals surface area (Å²) in [4.78, 5) is 0. The zero-order valence-corrected chi connectivity index (χ0v) is 13.2. The summed E-state index contributed by atoms with van der Waals surface area (Å²) in [5.74, 6) is 0.0289. The average molecular weight is 390 g/mol. The van der Waals surface area contributed by atoms with Gasteiger partial charge in [0, 0.05) is 15.6 Å². The summed E-state index contributed by atoms with van der Waals surface area (Å²) in [6, 6.07) is 10.0. The molecule has 0 bridgehead atoms. The van der Waals surface area contributed by atoms with E-state index in [0.717, 1.165) is 4.47 Å². The van der Waals surface area contributed by atoms with Gasteiger partial charge in [-0.3, -0.25) is 0 Å². The van der Waals surface area contributed by atoms with Crippen LogP contribution in [0.15, 0.2) is 45.3 Å². The minimum atomic E-state index is -1.08. The van der Waals surface area contributed by atoms with Gasteiger partial charge in [-0.05, 0) is 34.1 Å². The molecule has 2 aromatic rings. The molecule has 2 nitrogen and oxygen atoms in total. The number of rotatable bonds is 3. The Morgan fingerprint density at radius 3 is 2.58 bits per heavy atom. The topological polar surface area (TPSA) is 29.5 Å². The second-order valence-electron chi connectivity index (χ2n) is 3.93. The van der Waals surface area contributed by atoms with Crippen LogP contribution >= 0.6 is 31.9 Å². The molecule has 0 aliphatic carbocycles. The van der Waals surface area contributed by atoms with Gasteiger partial charge in [0.1, 0.15) is 17.7 Å². The highest BCUT2D eigenvalue weighted by atomic mass is 79.9. The van der Waals surface area contributed by atoms with Gasteiger partial charge in [0.05, 0.1) is 11.6 Å². The molecule has 2 rings (SSSR count). The van der Waals surface area contributed by atoms with Crippen LogP contribution in [-0.2, 0) is 0 Å². The van der Waals surface area contributed by atoms with Crippen LogP contribution in [0.25, 0.3) is 0 Å². The molecule has 19 heavy (non-hydrogen) atoms. The minimum absolute atomic E-state index is 0.204. The molecule has 0 aliphatic rings. The molecule has 1 N–H and O–H groups in total. The van der Waals surface area contributed by atoms with Crippen LogP contribution in [0.4, 0.5) is 4.39 Å². The first-order chi connectivity index (χ1) is 9.04. The van der Waals surface area contributed by atoms with Crippen LogP contribution in [0.2, 0.25) is 0 Å². The number of hydrogen-bond acceptors (Lipinski definition) is 2. The maximum absolute atomic E-state index is 14.0. The van der Waals surface area contributed by atoms with E-state index in [1.165, 1.54) is 7.11 Å². The Morgan fingerprint density at radius 2 is 1.89 bits per heavy atom. The lowest BCUT2D eigenvalue weighted by atomic mass is 10.0. The lowest BCUT2D eigenvalue weighted by Gasteiger charge is -2.16. The number of benzene rings is 2. The number of aliphatic hydroxyl groups excluding tert-OH is 1. The molecule has 1 unspecified atom stereocenters. The Hall–Kier alpha value is -0.910. The van der Waals surface area contributed by atoms with Gasteiger partial charge >= 0.3 is 0 Å². The maximum Gasteiger partial charge on any atom is 0.143 e. The summed E-state index contributed by atoms with van der Waals surface area (Å²) in [6.45, 7) is 0. The minimum Gasteiger partial charge on any atom is -0.496 e. The molecule has 100 valence electrons. The SMILES string of the molecule is COc1cc(Br)ccc1C(O)c1cccc(Br)c1F. The fraction of sp³-hybridized carbons (Fsp3) is 0.143. The van der Waals surface area contributed by atoms with Crippen molar-refractivity contribution in [3.8, 4) is 5.75 Å². The van der Waals surface area contributed by atoms with E-state index in [2.05, 4.69) is 31.9 Å². The van der Waals surface area contributed by atoms with Crippen molar-refractivity contribution in [3.63, 3.8) is 0 Å². The number of ether oxygens (including phenoxy) is 1. The van der Waals surface area contributed by atoms with Crippen LogP contribution in [0, 0.1) is 5.82 Å². The molecule has 0 fully saturated rings. The van der Waals surface area contributed by atoms with Crippen molar-refractivity contribution in [2.75, 3.05) is 7.11 Å². The second-order valence-corrected chi connectivity index (χ2v) is 5.70. The van der Waals surface area contributed by atoms with Gasteiger partial charge in [-0.15, -0.1) is 0 Å². The summed E-state index contributed by atoms with van der Waals surface area (Å²) in [6.07, 6.45) is -1.08.